The number of rotatable bonds is 4. The Morgan fingerprint density at radius 2 is 2.16 bits per heavy atom. The standard InChI is InChI=1S/C14H19BrFNO2/c1-19-14(18)11-7-13(15)17(12(11)8-16)9-10-5-3-2-4-6-10/h7,10H,2-6,8-9H2,1H3. The van der Waals surface area contributed by atoms with Gasteiger partial charge in [-0.25, -0.2) is 9.18 Å². The SMILES string of the molecule is COC(=O)c1cc(Br)n(CC2CCCCC2)c1CF. The largest absolute Gasteiger partial charge is 0.465 e. The van der Waals surface area contributed by atoms with Crippen molar-refractivity contribution in [1.29, 1.82) is 0 Å². The summed E-state index contributed by atoms with van der Waals surface area (Å²) in [4.78, 5) is 11.6. The van der Waals surface area contributed by atoms with Gasteiger partial charge < -0.3 is 9.30 Å². The van der Waals surface area contributed by atoms with Gasteiger partial charge in [-0.1, -0.05) is 19.3 Å². The first-order chi connectivity index (χ1) is 9.17. The van der Waals surface area contributed by atoms with E-state index in [0.29, 0.717) is 17.2 Å². The summed E-state index contributed by atoms with van der Waals surface area (Å²) in [6, 6.07) is 1.66. The van der Waals surface area contributed by atoms with Crippen molar-refractivity contribution in [2.24, 2.45) is 5.92 Å². The molecule has 0 N–H and O–H groups in total. The fourth-order valence-corrected chi connectivity index (χ4v) is 3.40. The summed E-state index contributed by atoms with van der Waals surface area (Å²) in [7, 11) is 1.32. The van der Waals surface area contributed by atoms with Crippen LogP contribution in [-0.4, -0.2) is 17.6 Å². The highest BCUT2D eigenvalue weighted by molar-refractivity contribution is 9.10. The molecular formula is C14H19BrFNO2. The first-order valence-electron chi connectivity index (χ1n) is 6.69. The summed E-state index contributed by atoms with van der Waals surface area (Å²) < 4.78 is 20.6. The van der Waals surface area contributed by atoms with Crippen molar-refractivity contribution in [2.45, 2.75) is 45.3 Å². The number of nitrogens with zero attached hydrogens (tertiary/aromatic N) is 1. The summed E-state index contributed by atoms with van der Waals surface area (Å²) in [6.07, 6.45) is 6.16. The van der Waals surface area contributed by atoms with Crippen molar-refractivity contribution in [3.63, 3.8) is 0 Å². The number of methoxy groups -OCH3 is 1. The second-order valence-corrected chi connectivity index (χ2v) is 5.88. The summed E-state index contributed by atoms with van der Waals surface area (Å²) in [5.41, 5.74) is 0.747. The number of alkyl halides is 1. The van der Waals surface area contributed by atoms with Gasteiger partial charge >= 0.3 is 5.97 Å². The Kier molecular flexibility index (Phi) is 5.02. The average Bonchev–Trinajstić information content (AvgIpc) is 2.76. The molecule has 0 spiro atoms. The van der Waals surface area contributed by atoms with Crippen LogP contribution in [-0.2, 0) is 18.0 Å². The minimum absolute atomic E-state index is 0.327. The number of carbonyl (C=O) groups is 1. The normalized spacial score (nSPS) is 16.6. The topological polar surface area (TPSA) is 31.2 Å². The smallest absolute Gasteiger partial charge is 0.339 e. The molecule has 1 saturated carbocycles. The van der Waals surface area contributed by atoms with E-state index in [1.54, 1.807) is 6.07 Å². The molecule has 1 aromatic rings. The molecule has 0 aliphatic heterocycles. The van der Waals surface area contributed by atoms with E-state index in [0.717, 1.165) is 11.1 Å². The van der Waals surface area contributed by atoms with Gasteiger partial charge in [-0.2, -0.15) is 0 Å². The van der Waals surface area contributed by atoms with Crippen LogP contribution >= 0.6 is 15.9 Å². The van der Waals surface area contributed by atoms with Crippen molar-refractivity contribution in [1.82, 2.24) is 4.57 Å². The minimum atomic E-state index is -0.650. The molecular weight excluding hydrogens is 313 g/mol. The first-order valence-corrected chi connectivity index (χ1v) is 7.48. The van der Waals surface area contributed by atoms with Crippen LogP contribution in [0.4, 0.5) is 4.39 Å². The number of carbonyl (C=O) groups excluding carboxylic acids is 1. The van der Waals surface area contributed by atoms with Gasteiger partial charge in [-0.15, -0.1) is 0 Å². The molecule has 1 aliphatic carbocycles. The van der Waals surface area contributed by atoms with Gasteiger partial charge in [0, 0.05) is 6.54 Å². The second kappa shape index (κ2) is 6.55. The monoisotopic (exact) mass is 331 g/mol. The van der Waals surface area contributed by atoms with E-state index in [1.165, 1.54) is 39.2 Å². The lowest BCUT2D eigenvalue weighted by Gasteiger charge is -2.23. The van der Waals surface area contributed by atoms with Gasteiger partial charge in [0.25, 0.3) is 0 Å². The molecule has 0 atom stereocenters. The maximum Gasteiger partial charge on any atom is 0.339 e. The van der Waals surface area contributed by atoms with Crippen LogP contribution in [0, 0.1) is 5.92 Å². The quantitative estimate of drug-likeness (QED) is 0.778. The number of aromatic nitrogens is 1. The van der Waals surface area contributed by atoms with Crippen LogP contribution in [0.5, 0.6) is 0 Å². The second-order valence-electron chi connectivity index (χ2n) is 5.07. The molecule has 0 radical (unpaired) electrons. The highest BCUT2D eigenvalue weighted by Crippen LogP contribution is 2.29. The zero-order valence-corrected chi connectivity index (χ0v) is 12.7. The fourth-order valence-electron chi connectivity index (χ4n) is 2.81. The van der Waals surface area contributed by atoms with E-state index in [9.17, 15) is 9.18 Å². The molecule has 1 heterocycles. The van der Waals surface area contributed by atoms with Crippen LogP contribution in [0.2, 0.25) is 0 Å². The molecule has 5 heteroatoms. The predicted octanol–water partition coefficient (Wildman–Crippen LogP) is 4.09. The zero-order chi connectivity index (χ0) is 13.8. The highest BCUT2D eigenvalue weighted by atomic mass is 79.9. The lowest BCUT2D eigenvalue weighted by Crippen LogP contribution is -2.16. The Labute approximate surface area is 121 Å². The van der Waals surface area contributed by atoms with E-state index in [-0.39, 0.29) is 0 Å². The van der Waals surface area contributed by atoms with Gasteiger partial charge in [0.1, 0.15) is 6.67 Å². The van der Waals surface area contributed by atoms with Crippen LogP contribution < -0.4 is 0 Å². The fraction of sp³-hybridized carbons (Fsp3) is 0.643. The third-order valence-electron chi connectivity index (χ3n) is 3.86. The summed E-state index contributed by atoms with van der Waals surface area (Å²) in [5.74, 6) is 0.101. The van der Waals surface area contributed by atoms with Gasteiger partial charge in [-0.3, -0.25) is 0 Å². The number of esters is 1. The Morgan fingerprint density at radius 1 is 1.47 bits per heavy atom. The van der Waals surface area contributed by atoms with Crippen molar-refractivity contribution in [2.75, 3.05) is 7.11 Å². The number of ether oxygens (including phenoxy) is 1. The number of hydrogen-bond acceptors (Lipinski definition) is 2. The molecule has 0 amide bonds. The van der Waals surface area contributed by atoms with E-state index in [2.05, 4.69) is 15.9 Å². The van der Waals surface area contributed by atoms with Crippen molar-refractivity contribution < 1.29 is 13.9 Å². The summed E-state index contributed by atoms with van der Waals surface area (Å²) in [6.45, 7) is 0.125. The minimum Gasteiger partial charge on any atom is -0.465 e. The lowest BCUT2D eigenvalue weighted by molar-refractivity contribution is 0.0598. The Morgan fingerprint density at radius 3 is 2.74 bits per heavy atom. The predicted molar refractivity (Wildman–Crippen MR) is 74.9 cm³/mol. The van der Waals surface area contributed by atoms with Crippen molar-refractivity contribution in [3.05, 3.63) is 21.9 Å². The van der Waals surface area contributed by atoms with Gasteiger partial charge in [0.05, 0.1) is 23.0 Å². The van der Waals surface area contributed by atoms with Crippen LogP contribution in [0.1, 0.15) is 48.2 Å². The van der Waals surface area contributed by atoms with Crippen LogP contribution in [0.25, 0.3) is 0 Å². The van der Waals surface area contributed by atoms with Crippen molar-refractivity contribution >= 4 is 21.9 Å². The zero-order valence-electron chi connectivity index (χ0n) is 11.1. The van der Waals surface area contributed by atoms with Crippen LogP contribution in [0.3, 0.4) is 0 Å². The number of hydrogen-bond donors (Lipinski definition) is 0. The Balaban J connectivity index is 2.23. The molecule has 1 aliphatic rings. The molecule has 106 valence electrons. The number of halogens is 2. The molecule has 1 aromatic heterocycles. The molecule has 0 bridgehead atoms. The molecule has 1 fully saturated rings. The highest BCUT2D eigenvalue weighted by Gasteiger charge is 2.22. The van der Waals surface area contributed by atoms with E-state index >= 15 is 0 Å². The van der Waals surface area contributed by atoms with Gasteiger partial charge in [0.2, 0.25) is 0 Å². The molecule has 2 rings (SSSR count). The lowest BCUT2D eigenvalue weighted by atomic mass is 9.89. The maximum atomic E-state index is 13.3. The summed E-state index contributed by atoms with van der Waals surface area (Å²) in [5, 5.41) is 0. The molecule has 19 heavy (non-hydrogen) atoms. The van der Waals surface area contributed by atoms with E-state index in [4.69, 9.17) is 4.74 Å². The van der Waals surface area contributed by atoms with Crippen LogP contribution in [0.15, 0.2) is 10.7 Å². The average molecular weight is 332 g/mol. The van der Waals surface area contributed by atoms with Crippen molar-refractivity contribution in [3.8, 4) is 0 Å². The molecule has 0 unspecified atom stereocenters. The van der Waals surface area contributed by atoms with E-state index in [1.807, 2.05) is 4.57 Å². The third kappa shape index (κ3) is 3.19. The molecule has 0 aromatic carbocycles. The van der Waals surface area contributed by atoms with Gasteiger partial charge in [-0.05, 0) is 40.8 Å². The third-order valence-corrected chi connectivity index (χ3v) is 4.51. The summed E-state index contributed by atoms with van der Waals surface area (Å²) >= 11 is 3.42. The first kappa shape index (κ1) is 14.6. The Hall–Kier alpha value is -0.840. The maximum absolute atomic E-state index is 13.3. The molecule has 3 nitrogen and oxygen atoms in total. The molecule has 0 saturated heterocycles. The van der Waals surface area contributed by atoms with Gasteiger partial charge in [0.15, 0.2) is 0 Å². The van der Waals surface area contributed by atoms with E-state index < -0.39 is 12.6 Å². The Bertz CT molecular complexity index is 453.